The molecule has 0 fully saturated rings. The molecule has 0 heterocycles. The summed E-state index contributed by atoms with van der Waals surface area (Å²) in [5, 5.41) is 9.63. The Morgan fingerprint density at radius 3 is 2.82 bits per heavy atom. The number of ether oxygens (including phenoxy) is 1. The van der Waals surface area contributed by atoms with Gasteiger partial charge in [-0.05, 0) is 18.2 Å². The van der Waals surface area contributed by atoms with Crippen molar-refractivity contribution in [2.45, 2.75) is 6.92 Å². The standard InChI is InChI=1S/C12H16ClNO3/c1-10(16)17-8-6-14(5-7-15)12-4-2-3-11(13)9-12/h2-4,9,15H,5-8H2,1H3. The minimum atomic E-state index is -0.306. The number of anilines is 1. The zero-order valence-corrected chi connectivity index (χ0v) is 10.5. The molecular formula is C12H16ClNO3. The predicted molar refractivity (Wildman–Crippen MR) is 67.4 cm³/mol. The third-order valence-corrected chi connectivity index (χ3v) is 2.44. The fraction of sp³-hybridized carbons (Fsp3) is 0.417. The van der Waals surface area contributed by atoms with Crippen molar-refractivity contribution in [1.82, 2.24) is 0 Å². The molecule has 0 unspecified atom stereocenters. The van der Waals surface area contributed by atoms with Crippen molar-refractivity contribution in [3.63, 3.8) is 0 Å². The van der Waals surface area contributed by atoms with E-state index in [1.165, 1.54) is 6.92 Å². The molecule has 94 valence electrons. The maximum atomic E-state index is 10.7. The Balaban J connectivity index is 2.61. The molecule has 0 bridgehead atoms. The molecule has 0 aliphatic carbocycles. The largest absolute Gasteiger partial charge is 0.464 e. The Morgan fingerprint density at radius 1 is 1.47 bits per heavy atom. The second-order valence-corrected chi connectivity index (χ2v) is 3.97. The first-order valence-corrected chi connectivity index (χ1v) is 5.76. The smallest absolute Gasteiger partial charge is 0.302 e. The number of aliphatic hydroxyl groups is 1. The monoisotopic (exact) mass is 257 g/mol. The van der Waals surface area contributed by atoms with E-state index in [-0.39, 0.29) is 12.6 Å². The molecule has 0 saturated heterocycles. The summed E-state index contributed by atoms with van der Waals surface area (Å²) < 4.78 is 4.88. The summed E-state index contributed by atoms with van der Waals surface area (Å²) in [5.74, 6) is -0.306. The first-order valence-electron chi connectivity index (χ1n) is 5.38. The molecule has 1 rings (SSSR count). The molecule has 0 spiro atoms. The number of nitrogens with zero attached hydrogens (tertiary/aromatic N) is 1. The Kier molecular flexibility index (Phi) is 5.80. The molecule has 0 aromatic heterocycles. The summed E-state index contributed by atoms with van der Waals surface area (Å²) in [6.45, 7) is 2.70. The highest BCUT2D eigenvalue weighted by atomic mass is 35.5. The SMILES string of the molecule is CC(=O)OCCN(CCO)c1cccc(Cl)c1. The van der Waals surface area contributed by atoms with Crippen LogP contribution in [-0.2, 0) is 9.53 Å². The average Bonchev–Trinajstić information content (AvgIpc) is 2.27. The first kappa shape index (κ1) is 13.8. The van der Waals surface area contributed by atoms with E-state index < -0.39 is 0 Å². The fourth-order valence-corrected chi connectivity index (χ4v) is 1.65. The average molecular weight is 258 g/mol. The normalized spacial score (nSPS) is 10.1. The minimum Gasteiger partial charge on any atom is -0.464 e. The van der Waals surface area contributed by atoms with Gasteiger partial charge in [0.2, 0.25) is 0 Å². The highest BCUT2D eigenvalue weighted by Gasteiger charge is 2.06. The Bertz CT molecular complexity index is 371. The molecular weight excluding hydrogens is 242 g/mol. The Morgan fingerprint density at radius 2 is 2.24 bits per heavy atom. The van der Waals surface area contributed by atoms with Crippen LogP contribution in [0.25, 0.3) is 0 Å². The van der Waals surface area contributed by atoms with E-state index in [1.54, 1.807) is 6.07 Å². The molecule has 1 aromatic carbocycles. The number of carbonyl (C=O) groups excluding carboxylic acids is 1. The summed E-state index contributed by atoms with van der Waals surface area (Å²) in [5.41, 5.74) is 0.902. The van der Waals surface area contributed by atoms with Crippen LogP contribution in [0.1, 0.15) is 6.92 Å². The topological polar surface area (TPSA) is 49.8 Å². The lowest BCUT2D eigenvalue weighted by molar-refractivity contribution is -0.140. The van der Waals surface area contributed by atoms with E-state index in [4.69, 9.17) is 21.4 Å². The number of esters is 1. The van der Waals surface area contributed by atoms with Crippen molar-refractivity contribution in [3.8, 4) is 0 Å². The number of hydrogen-bond donors (Lipinski definition) is 1. The van der Waals surface area contributed by atoms with E-state index in [0.717, 1.165) is 5.69 Å². The molecule has 0 atom stereocenters. The molecule has 0 amide bonds. The van der Waals surface area contributed by atoms with Crippen molar-refractivity contribution < 1.29 is 14.6 Å². The van der Waals surface area contributed by atoms with Gasteiger partial charge in [-0.25, -0.2) is 0 Å². The van der Waals surface area contributed by atoms with Crippen LogP contribution in [0, 0.1) is 0 Å². The van der Waals surface area contributed by atoms with Gasteiger partial charge in [-0.15, -0.1) is 0 Å². The minimum absolute atomic E-state index is 0.0343. The van der Waals surface area contributed by atoms with Crippen LogP contribution in [0.15, 0.2) is 24.3 Å². The van der Waals surface area contributed by atoms with Crippen LogP contribution < -0.4 is 4.90 Å². The van der Waals surface area contributed by atoms with Gasteiger partial charge in [0.05, 0.1) is 13.2 Å². The lowest BCUT2D eigenvalue weighted by atomic mass is 10.3. The van der Waals surface area contributed by atoms with Crippen LogP contribution in [-0.4, -0.2) is 37.4 Å². The summed E-state index contributed by atoms with van der Waals surface area (Å²) in [6, 6.07) is 7.34. The van der Waals surface area contributed by atoms with Gasteiger partial charge in [0, 0.05) is 24.2 Å². The molecule has 0 radical (unpaired) electrons. The number of hydrogen-bond acceptors (Lipinski definition) is 4. The van der Waals surface area contributed by atoms with E-state index in [9.17, 15) is 4.79 Å². The van der Waals surface area contributed by atoms with Gasteiger partial charge >= 0.3 is 5.97 Å². The molecule has 4 nitrogen and oxygen atoms in total. The highest BCUT2D eigenvalue weighted by Crippen LogP contribution is 2.18. The van der Waals surface area contributed by atoms with Gasteiger partial charge in [-0.3, -0.25) is 4.79 Å². The fourth-order valence-electron chi connectivity index (χ4n) is 1.46. The maximum absolute atomic E-state index is 10.7. The maximum Gasteiger partial charge on any atom is 0.302 e. The summed E-state index contributed by atoms with van der Waals surface area (Å²) >= 11 is 5.90. The van der Waals surface area contributed by atoms with Crippen molar-refractivity contribution in [2.24, 2.45) is 0 Å². The molecule has 0 aliphatic rings. The van der Waals surface area contributed by atoms with Crippen molar-refractivity contribution in [3.05, 3.63) is 29.3 Å². The molecule has 0 aliphatic heterocycles. The Hall–Kier alpha value is -1.26. The van der Waals surface area contributed by atoms with Crippen LogP contribution in [0.5, 0.6) is 0 Å². The second-order valence-electron chi connectivity index (χ2n) is 3.53. The number of rotatable bonds is 6. The van der Waals surface area contributed by atoms with Gasteiger partial charge in [-0.2, -0.15) is 0 Å². The van der Waals surface area contributed by atoms with Crippen LogP contribution in [0.3, 0.4) is 0 Å². The van der Waals surface area contributed by atoms with Gasteiger partial charge in [0.1, 0.15) is 6.61 Å². The van der Waals surface area contributed by atoms with Gasteiger partial charge in [-0.1, -0.05) is 17.7 Å². The quantitative estimate of drug-likeness (QED) is 0.788. The number of benzene rings is 1. The second kappa shape index (κ2) is 7.14. The predicted octanol–water partition coefficient (Wildman–Crippen LogP) is 1.70. The molecule has 17 heavy (non-hydrogen) atoms. The van der Waals surface area contributed by atoms with Crippen molar-refractivity contribution in [2.75, 3.05) is 31.2 Å². The lowest BCUT2D eigenvalue weighted by Crippen LogP contribution is -2.30. The van der Waals surface area contributed by atoms with Crippen molar-refractivity contribution in [1.29, 1.82) is 0 Å². The van der Waals surface area contributed by atoms with Gasteiger partial charge < -0.3 is 14.7 Å². The first-order chi connectivity index (χ1) is 8.13. The molecule has 0 saturated carbocycles. The zero-order chi connectivity index (χ0) is 12.7. The van der Waals surface area contributed by atoms with Crippen LogP contribution >= 0.6 is 11.6 Å². The third kappa shape index (κ3) is 5.06. The number of halogens is 1. The van der Waals surface area contributed by atoms with E-state index >= 15 is 0 Å². The molecule has 1 N–H and O–H groups in total. The van der Waals surface area contributed by atoms with E-state index in [2.05, 4.69) is 0 Å². The number of aliphatic hydroxyl groups excluding tert-OH is 1. The zero-order valence-electron chi connectivity index (χ0n) is 9.73. The highest BCUT2D eigenvalue weighted by molar-refractivity contribution is 6.30. The van der Waals surface area contributed by atoms with Gasteiger partial charge in [0.25, 0.3) is 0 Å². The molecule has 5 heteroatoms. The summed E-state index contributed by atoms with van der Waals surface area (Å²) in [4.78, 5) is 12.6. The number of carbonyl (C=O) groups is 1. The van der Waals surface area contributed by atoms with Gasteiger partial charge in [0.15, 0.2) is 0 Å². The van der Waals surface area contributed by atoms with E-state index in [1.807, 2.05) is 23.1 Å². The Labute approximate surface area is 106 Å². The summed E-state index contributed by atoms with van der Waals surface area (Å²) in [7, 11) is 0. The third-order valence-electron chi connectivity index (χ3n) is 2.21. The van der Waals surface area contributed by atoms with Crippen molar-refractivity contribution >= 4 is 23.3 Å². The van der Waals surface area contributed by atoms with Crippen LogP contribution in [0.4, 0.5) is 5.69 Å². The molecule has 1 aromatic rings. The lowest BCUT2D eigenvalue weighted by Gasteiger charge is -2.23. The van der Waals surface area contributed by atoms with E-state index in [0.29, 0.717) is 24.7 Å². The summed E-state index contributed by atoms with van der Waals surface area (Å²) in [6.07, 6.45) is 0. The van der Waals surface area contributed by atoms with Crippen LogP contribution in [0.2, 0.25) is 5.02 Å².